The maximum absolute atomic E-state index is 6.39. The highest BCUT2D eigenvalue weighted by Gasteiger charge is 2.38. The van der Waals surface area contributed by atoms with E-state index in [9.17, 15) is 0 Å². The van der Waals surface area contributed by atoms with Gasteiger partial charge in [0.25, 0.3) is 0 Å². The van der Waals surface area contributed by atoms with Crippen molar-refractivity contribution in [1.29, 1.82) is 0 Å². The number of H-pyrrole nitrogens is 1. The average Bonchev–Trinajstić information content (AvgIpc) is 3.36. The lowest BCUT2D eigenvalue weighted by Crippen LogP contribution is -2.34. The lowest BCUT2D eigenvalue weighted by Gasteiger charge is -2.32. The number of hydrazine groups is 1. The SMILES string of the molecule is CC1NNC2CCC(c3cncc(OCC(N)Cc4c[nH]c5ccccc45)c3)CC12. The summed E-state index contributed by atoms with van der Waals surface area (Å²) in [6.45, 7) is 2.75. The number of ether oxygens (including phenoxy) is 1. The van der Waals surface area contributed by atoms with Gasteiger partial charge in [-0.25, -0.2) is 0 Å². The number of aromatic nitrogens is 2. The molecular formula is C24H31N5O. The van der Waals surface area contributed by atoms with Crippen LogP contribution in [0.15, 0.2) is 48.9 Å². The number of benzene rings is 1. The second-order valence-electron chi connectivity index (χ2n) is 8.95. The Morgan fingerprint density at radius 2 is 2.10 bits per heavy atom. The fourth-order valence-electron chi connectivity index (χ4n) is 5.17. The first-order valence-electron chi connectivity index (χ1n) is 11.1. The van der Waals surface area contributed by atoms with Crippen LogP contribution in [0.3, 0.4) is 0 Å². The van der Waals surface area contributed by atoms with Crippen molar-refractivity contribution >= 4 is 10.9 Å². The number of hydrogen-bond acceptors (Lipinski definition) is 5. The summed E-state index contributed by atoms with van der Waals surface area (Å²) < 4.78 is 6.05. The van der Waals surface area contributed by atoms with Crippen LogP contribution in [-0.2, 0) is 6.42 Å². The number of pyridine rings is 1. The summed E-state index contributed by atoms with van der Waals surface area (Å²) in [5.74, 6) is 2.05. The molecule has 1 aromatic carbocycles. The van der Waals surface area contributed by atoms with E-state index in [2.05, 4.69) is 58.2 Å². The number of fused-ring (bicyclic) bond motifs is 2. The minimum absolute atomic E-state index is 0.0696. The standard InChI is InChI=1S/C24H31N5O/c1-15-22-10-16(6-7-24(22)29-28-15)17-9-20(13-26-11-17)30-14-19(25)8-18-12-27-23-5-3-2-4-21(18)23/h2-5,9,11-13,15-16,19,22,24,27-29H,6-8,10,14,25H2,1H3. The van der Waals surface area contributed by atoms with Crippen molar-refractivity contribution in [1.82, 2.24) is 20.8 Å². The summed E-state index contributed by atoms with van der Waals surface area (Å²) in [5.41, 5.74) is 16.9. The highest BCUT2D eigenvalue weighted by molar-refractivity contribution is 5.83. The predicted molar refractivity (Wildman–Crippen MR) is 119 cm³/mol. The van der Waals surface area contributed by atoms with Gasteiger partial charge in [0, 0.05) is 41.4 Å². The Balaban J connectivity index is 1.20. The predicted octanol–water partition coefficient (Wildman–Crippen LogP) is 3.26. The molecule has 5 atom stereocenters. The molecule has 3 heterocycles. The Kier molecular flexibility index (Phi) is 5.46. The van der Waals surface area contributed by atoms with Crippen molar-refractivity contribution < 1.29 is 4.74 Å². The van der Waals surface area contributed by atoms with Gasteiger partial charge in [-0.1, -0.05) is 18.2 Å². The van der Waals surface area contributed by atoms with Gasteiger partial charge in [0.15, 0.2) is 0 Å². The van der Waals surface area contributed by atoms with Crippen LogP contribution < -0.4 is 21.3 Å². The molecule has 0 bridgehead atoms. The van der Waals surface area contributed by atoms with Crippen LogP contribution in [0.2, 0.25) is 0 Å². The zero-order chi connectivity index (χ0) is 20.5. The molecule has 1 saturated carbocycles. The first kappa shape index (κ1) is 19.5. The minimum Gasteiger partial charge on any atom is -0.490 e. The van der Waals surface area contributed by atoms with Gasteiger partial charge in [-0.05, 0) is 67.7 Å². The van der Waals surface area contributed by atoms with Gasteiger partial charge >= 0.3 is 0 Å². The molecule has 30 heavy (non-hydrogen) atoms. The largest absolute Gasteiger partial charge is 0.490 e. The van der Waals surface area contributed by atoms with Gasteiger partial charge in [0.1, 0.15) is 12.4 Å². The highest BCUT2D eigenvalue weighted by Crippen LogP contribution is 2.39. The number of nitrogens with two attached hydrogens (primary N) is 1. The van der Waals surface area contributed by atoms with Crippen LogP contribution in [0.1, 0.15) is 43.2 Å². The van der Waals surface area contributed by atoms with Crippen LogP contribution in [-0.4, -0.2) is 34.7 Å². The van der Waals surface area contributed by atoms with E-state index in [1.54, 1.807) is 6.20 Å². The molecule has 5 rings (SSSR count). The normalized spacial score (nSPS) is 27.1. The van der Waals surface area contributed by atoms with Crippen LogP contribution in [0.25, 0.3) is 10.9 Å². The lowest BCUT2D eigenvalue weighted by molar-refractivity contribution is 0.276. The van der Waals surface area contributed by atoms with Gasteiger partial charge in [0.2, 0.25) is 0 Å². The summed E-state index contributed by atoms with van der Waals surface area (Å²) in [6.07, 6.45) is 10.2. The fourth-order valence-corrected chi connectivity index (χ4v) is 5.17. The number of nitrogens with one attached hydrogen (secondary N) is 3. The van der Waals surface area contributed by atoms with Gasteiger partial charge in [0.05, 0.1) is 6.20 Å². The number of rotatable bonds is 6. The molecule has 158 valence electrons. The Morgan fingerprint density at radius 3 is 3.03 bits per heavy atom. The molecule has 2 fully saturated rings. The maximum atomic E-state index is 6.39. The second-order valence-corrected chi connectivity index (χ2v) is 8.95. The van der Waals surface area contributed by atoms with Gasteiger partial charge in [-0.2, -0.15) is 0 Å². The Labute approximate surface area is 177 Å². The van der Waals surface area contributed by atoms with Crippen LogP contribution in [0.4, 0.5) is 0 Å². The summed E-state index contributed by atoms with van der Waals surface area (Å²) >= 11 is 0. The monoisotopic (exact) mass is 405 g/mol. The van der Waals surface area contributed by atoms with Crippen molar-refractivity contribution in [3.8, 4) is 5.75 Å². The van der Waals surface area contributed by atoms with E-state index in [1.807, 2.05) is 12.3 Å². The number of aromatic amines is 1. The van der Waals surface area contributed by atoms with Crippen LogP contribution >= 0.6 is 0 Å². The highest BCUT2D eigenvalue weighted by atomic mass is 16.5. The van der Waals surface area contributed by atoms with Crippen LogP contribution in [0.5, 0.6) is 5.75 Å². The molecule has 2 aromatic heterocycles. The smallest absolute Gasteiger partial charge is 0.137 e. The molecule has 1 aliphatic heterocycles. The summed E-state index contributed by atoms with van der Waals surface area (Å²) in [5, 5.41) is 1.23. The molecule has 5 unspecified atom stereocenters. The third kappa shape index (κ3) is 3.95. The molecule has 0 spiro atoms. The zero-order valence-corrected chi connectivity index (χ0v) is 17.5. The van der Waals surface area contributed by atoms with E-state index in [-0.39, 0.29) is 6.04 Å². The molecule has 0 radical (unpaired) electrons. The van der Waals surface area contributed by atoms with E-state index in [4.69, 9.17) is 10.5 Å². The third-order valence-electron chi connectivity index (χ3n) is 6.87. The maximum Gasteiger partial charge on any atom is 0.137 e. The van der Waals surface area contributed by atoms with Crippen molar-refractivity contribution in [2.45, 2.75) is 56.7 Å². The van der Waals surface area contributed by atoms with Gasteiger partial charge < -0.3 is 15.5 Å². The van der Waals surface area contributed by atoms with Crippen molar-refractivity contribution in [3.05, 3.63) is 60.0 Å². The number of hydrogen-bond donors (Lipinski definition) is 4. The van der Waals surface area contributed by atoms with Crippen molar-refractivity contribution in [2.75, 3.05) is 6.61 Å². The van der Waals surface area contributed by atoms with E-state index in [1.165, 1.54) is 35.8 Å². The molecular weight excluding hydrogens is 374 g/mol. The van der Waals surface area contributed by atoms with E-state index < -0.39 is 0 Å². The van der Waals surface area contributed by atoms with E-state index >= 15 is 0 Å². The van der Waals surface area contributed by atoms with E-state index in [0.717, 1.165) is 17.7 Å². The van der Waals surface area contributed by atoms with E-state index in [0.29, 0.717) is 30.5 Å². The average molecular weight is 406 g/mol. The lowest BCUT2D eigenvalue weighted by atomic mass is 9.74. The van der Waals surface area contributed by atoms with Crippen LogP contribution in [0, 0.1) is 5.92 Å². The van der Waals surface area contributed by atoms with Gasteiger partial charge in [-0.15, -0.1) is 0 Å². The number of nitrogens with zero attached hydrogens (tertiary/aromatic N) is 1. The summed E-state index contributed by atoms with van der Waals surface area (Å²) in [7, 11) is 0. The minimum atomic E-state index is -0.0696. The first-order chi connectivity index (χ1) is 14.7. The first-order valence-corrected chi connectivity index (χ1v) is 11.1. The fraction of sp³-hybridized carbons (Fsp3) is 0.458. The summed E-state index contributed by atoms with van der Waals surface area (Å²) in [4.78, 5) is 7.77. The molecule has 1 saturated heterocycles. The molecule has 1 aliphatic carbocycles. The molecule has 6 heteroatoms. The molecule has 5 N–H and O–H groups in total. The Hall–Kier alpha value is -2.41. The molecule has 3 aromatic rings. The van der Waals surface area contributed by atoms with Gasteiger partial charge in [-0.3, -0.25) is 15.8 Å². The molecule has 6 nitrogen and oxygen atoms in total. The Morgan fingerprint density at radius 1 is 1.20 bits per heavy atom. The number of para-hydroxylation sites is 1. The van der Waals surface area contributed by atoms with Crippen molar-refractivity contribution in [3.63, 3.8) is 0 Å². The summed E-state index contributed by atoms with van der Waals surface area (Å²) in [6, 6.07) is 11.5. The third-order valence-corrected chi connectivity index (χ3v) is 6.87. The second kappa shape index (κ2) is 8.38. The zero-order valence-electron chi connectivity index (χ0n) is 17.5. The quantitative estimate of drug-likeness (QED) is 0.506. The van der Waals surface area contributed by atoms with Crippen molar-refractivity contribution in [2.24, 2.45) is 11.7 Å². The topological polar surface area (TPSA) is 88.0 Å². The molecule has 0 amide bonds. The molecule has 2 aliphatic rings. The Bertz CT molecular complexity index is 1000.